The first-order chi connectivity index (χ1) is 4.34. The van der Waals surface area contributed by atoms with Gasteiger partial charge < -0.3 is 10.5 Å². The molecule has 0 radical (unpaired) electrons. The standard InChI is InChI=1S/C6H10N2O/c1-2-5(7)6-8-3-4-9-6/h2,5H,1,3-4,7H2. The van der Waals surface area contributed by atoms with Gasteiger partial charge in [0.15, 0.2) is 0 Å². The highest BCUT2D eigenvalue weighted by Gasteiger charge is 2.11. The number of ether oxygens (including phenoxy) is 1. The number of nitrogens with zero attached hydrogens (tertiary/aromatic N) is 1. The van der Waals surface area contributed by atoms with Crippen LogP contribution in [0.2, 0.25) is 0 Å². The van der Waals surface area contributed by atoms with E-state index in [2.05, 4.69) is 11.6 Å². The number of rotatable bonds is 2. The van der Waals surface area contributed by atoms with Gasteiger partial charge in [-0.3, -0.25) is 4.99 Å². The second kappa shape index (κ2) is 2.64. The summed E-state index contributed by atoms with van der Waals surface area (Å²) >= 11 is 0. The zero-order chi connectivity index (χ0) is 6.69. The van der Waals surface area contributed by atoms with E-state index in [9.17, 15) is 0 Å². The molecule has 1 aliphatic heterocycles. The van der Waals surface area contributed by atoms with Crippen molar-refractivity contribution in [3.63, 3.8) is 0 Å². The summed E-state index contributed by atoms with van der Waals surface area (Å²) in [6, 6.07) is -0.215. The fourth-order valence-electron chi connectivity index (χ4n) is 0.654. The third-order valence-corrected chi connectivity index (χ3v) is 1.15. The number of aliphatic imine (C=N–C) groups is 1. The summed E-state index contributed by atoms with van der Waals surface area (Å²) < 4.78 is 5.06. The van der Waals surface area contributed by atoms with Gasteiger partial charge in [-0.1, -0.05) is 6.08 Å². The normalized spacial score (nSPS) is 20.3. The molecular weight excluding hydrogens is 116 g/mol. The molecule has 0 fully saturated rings. The van der Waals surface area contributed by atoms with E-state index in [1.165, 1.54) is 0 Å². The van der Waals surface area contributed by atoms with Crippen molar-refractivity contribution in [2.75, 3.05) is 13.2 Å². The Hall–Kier alpha value is -0.830. The SMILES string of the molecule is C=CC(N)C1=NCCO1. The molecular formula is C6H10N2O. The van der Waals surface area contributed by atoms with E-state index in [0.29, 0.717) is 12.5 Å². The van der Waals surface area contributed by atoms with Gasteiger partial charge in [-0.2, -0.15) is 0 Å². The van der Waals surface area contributed by atoms with E-state index in [-0.39, 0.29) is 6.04 Å². The van der Waals surface area contributed by atoms with Crippen LogP contribution in [0.4, 0.5) is 0 Å². The maximum atomic E-state index is 5.50. The Labute approximate surface area is 54.2 Å². The Morgan fingerprint density at radius 3 is 3.11 bits per heavy atom. The largest absolute Gasteiger partial charge is 0.478 e. The Morgan fingerprint density at radius 1 is 1.89 bits per heavy atom. The van der Waals surface area contributed by atoms with Crippen molar-refractivity contribution in [2.24, 2.45) is 10.7 Å². The lowest BCUT2D eigenvalue weighted by molar-refractivity contribution is 0.337. The van der Waals surface area contributed by atoms with E-state index in [1.54, 1.807) is 6.08 Å². The average Bonchev–Trinajstić information content (AvgIpc) is 2.37. The first-order valence-corrected chi connectivity index (χ1v) is 2.90. The summed E-state index contributed by atoms with van der Waals surface area (Å²) in [6.07, 6.45) is 1.62. The van der Waals surface area contributed by atoms with Gasteiger partial charge in [-0.25, -0.2) is 0 Å². The van der Waals surface area contributed by atoms with E-state index in [1.807, 2.05) is 0 Å². The molecule has 3 nitrogen and oxygen atoms in total. The first-order valence-electron chi connectivity index (χ1n) is 2.90. The van der Waals surface area contributed by atoms with Crippen LogP contribution in [0.5, 0.6) is 0 Å². The molecule has 0 saturated heterocycles. The molecule has 1 heterocycles. The second-order valence-corrected chi connectivity index (χ2v) is 1.83. The first kappa shape index (κ1) is 6.29. The van der Waals surface area contributed by atoms with Crippen LogP contribution in [0.15, 0.2) is 17.6 Å². The van der Waals surface area contributed by atoms with Gasteiger partial charge in [-0.15, -0.1) is 6.58 Å². The summed E-state index contributed by atoms with van der Waals surface area (Å²) in [5, 5.41) is 0. The molecule has 1 aliphatic rings. The molecule has 1 atom stereocenters. The van der Waals surface area contributed by atoms with E-state index < -0.39 is 0 Å². The van der Waals surface area contributed by atoms with Crippen LogP contribution in [0.1, 0.15) is 0 Å². The fourth-order valence-corrected chi connectivity index (χ4v) is 0.654. The Kier molecular flexibility index (Phi) is 1.85. The number of nitrogens with two attached hydrogens (primary N) is 1. The molecule has 50 valence electrons. The van der Waals surface area contributed by atoms with Gasteiger partial charge in [0.25, 0.3) is 0 Å². The lowest BCUT2D eigenvalue weighted by Crippen LogP contribution is -2.27. The number of hydrogen-bond acceptors (Lipinski definition) is 3. The second-order valence-electron chi connectivity index (χ2n) is 1.83. The minimum Gasteiger partial charge on any atom is -0.478 e. The van der Waals surface area contributed by atoms with Crippen molar-refractivity contribution in [1.29, 1.82) is 0 Å². The zero-order valence-electron chi connectivity index (χ0n) is 5.21. The van der Waals surface area contributed by atoms with Crippen molar-refractivity contribution in [3.05, 3.63) is 12.7 Å². The summed E-state index contributed by atoms with van der Waals surface area (Å²) in [5.74, 6) is 0.616. The summed E-state index contributed by atoms with van der Waals surface area (Å²) in [5.41, 5.74) is 5.50. The average molecular weight is 126 g/mol. The lowest BCUT2D eigenvalue weighted by Gasteiger charge is -2.03. The van der Waals surface area contributed by atoms with Crippen LogP contribution in [-0.2, 0) is 4.74 Å². The quantitative estimate of drug-likeness (QED) is 0.526. The van der Waals surface area contributed by atoms with Gasteiger partial charge in [0, 0.05) is 0 Å². The maximum Gasteiger partial charge on any atom is 0.204 e. The topological polar surface area (TPSA) is 47.6 Å². The van der Waals surface area contributed by atoms with Crippen LogP contribution in [0, 0.1) is 0 Å². The Balaban J connectivity index is 2.50. The molecule has 0 saturated carbocycles. The maximum absolute atomic E-state index is 5.50. The molecule has 0 amide bonds. The van der Waals surface area contributed by atoms with Crippen molar-refractivity contribution >= 4 is 5.90 Å². The monoisotopic (exact) mass is 126 g/mol. The lowest BCUT2D eigenvalue weighted by atomic mass is 10.3. The van der Waals surface area contributed by atoms with Gasteiger partial charge in [0.1, 0.15) is 6.61 Å². The van der Waals surface area contributed by atoms with Crippen molar-refractivity contribution in [3.8, 4) is 0 Å². The molecule has 0 aromatic carbocycles. The van der Waals surface area contributed by atoms with Crippen molar-refractivity contribution < 1.29 is 4.74 Å². The summed E-state index contributed by atoms with van der Waals surface area (Å²) in [6.45, 7) is 4.92. The van der Waals surface area contributed by atoms with E-state index in [4.69, 9.17) is 10.5 Å². The minimum absolute atomic E-state index is 0.215. The predicted molar refractivity (Wildman–Crippen MR) is 36.4 cm³/mol. The molecule has 0 aromatic rings. The zero-order valence-corrected chi connectivity index (χ0v) is 5.21. The van der Waals surface area contributed by atoms with Gasteiger partial charge in [-0.05, 0) is 0 Å². The minimum atomic E-state index is -0.215. The molecule has 3 heteroatoms. The third-order valence-electron chi connectivity index (χ3n) is 1.15. The molecule has 0 spiro atoms. The highest BCUT2D eigenvalue weighted by atomic mass is 16.5. The predicted octanol–water partition coefficient (Wildman–Crippen LogP) is -0.0716. The van der Waals surface area contributed by atoms with Gasteiger partial charge in [0.2, 0.25) is 5.90 Å². The van der Waals surface area contributed by atoms with Gasteiger partial charge >= 0.3 is 0 Å². The Morgan fingerprint density at radius 2 is 2.67 bits per heavy atom. The molecule has 0 bridgehead atoms. The van der Waals surface area contributed by atoms with Crippen LogP contribution in [0.25, 0.3) is 0 Å². The van der Waals surface area contributed by atoms with Gasteiger partial charge in [0.05, 0.1) is 12.6 Å². The Bertz CT molecular complexity index is 142. The molecule has 2 N–H and O–H groups in total. The van der Waals surface area contributed by atoms with Crippen LogP contribution in [0.3, 0.4) is 0 Å². The smallest absolute Gasteiger partial charge is 0.204 e. The fraction of sp³-hybridized carbons (Fsp3) is 0.500. The molecule has 9 heavy (non-hydrogen) atoms. The van der Waals surface area contributed by atoms with E-state index >= 15 is 0 Å². The summed E-state index contributed by atoms with van der Waals surface area (Å²) in [4.78, 5) is 4.00. The molecule has 1 rings (SSSR count). The van der Waals surface area contributed by atoms with Crippen LogP contribution < -0.4 is 5.73 Å². The molecule has 0 aliphatic carbocycles. The molecule has 1 unspecified atom stereocenters. The highest BCUT2D eigenvalue weighted by molar-refractivity contribution is 5.84. The summed E-state index contributed by atoms with van der Waals surface area (Å²) in [7, 11) is 0. The number of hydrogen-bond donors (Lipinski definition) is 1. The van der Waals surface area contributed by atoms with E-state index in [0.717, 1.165) is 6.54 Å². The highest BCUT2D eigenvalue weighted by Crippen LogP contribution is 1.97. The van der Waals surface area contributed by atoms with Crippen LogP contribution >= 0.6 is 0 Å². The van der Waals surface area contributed by atoms with Crippen molar-refractivity contribution in [1.82, 2.24) is 0 Å². The third kappa shape index (κ3) is 1.29. The molecule has 0 aromatic heterocycles. The van der Waals surface area contributed by atoms with Crippen LogP contribution in [-0.4, -0.2) is 25.1 Å². The van der Waals surface area contributed by atoms with Crippen molar-refractivity contribution in [2.45, 2.75) is 6.04 Å².